The third-order valence-electron chi connectivity index (χ3n) is 14.1. The van der Waals surface area contributed by atoms with Crippen molar-refractivity contribution in [2.75, 3.05) is 27.4 Å². The molecule has 310 valence electrons. The number of aliphatic hydroxyl groups excluding tert-OH is 8. The first-order valence-electron chi connectivity index (χ1n) is 19.9. The first-order chi connectivity index (χ1) is 25.5. The number of fused-ring (bicyclic) bond motifs is 4. The normalized spacial score (nSPS) is 49.3. The van der Waals surface area contributed by atoms with Crippen LogP contribution in [-0.4, -0.2) is 154 Å². The molecule has 0 aromatic heterocycles. The zero-order valence-corrected chi connectivity index (χ0v) is 32.8. The van der Waals surface area contributed by atoms with Gasteiger partial charge in [0.15, 0.2) is 12.6 Å². The van der Waals surface area contributed by atoms with Crippen molar-refractivity contribution >= 4 is 0 Å². The Morgan fingerprint density at radius 2 is 1.54 bits per heavy atom. The van der Waals surface area contributed by atoms with E-state index in [0.29, 0.717) is 31.6 Å². The van der Waals surface area contributed by atoms with E-state index in [0.717, 1.165) is 24.0 Å². The van der Waals surface area contributed by atoms with Crippen molar-refractivity contribution in [3.8, 4) is 0 Å². The number of allylic oxidation sites excluding steroid dienone is 2. The Morgan fingerprint density at radius 1 is 0.852 bits per heavy atom. The quantitative estimate of drug-likeness (QED) is 0.129. The molecule has 14 heteroatoms. The number of hydrogen-bond donors (Lipinski definition) is 8. The molecule has 0 radical (unpaired) electrons. The van der Waals surface area contributed by atoms with E-state index in [1.807, 2.05) is 0 Å². The molecule has 20 atom stereocenters. The first kappa shape index (κ1) is 42.5. The maximum atomic E-state index is 12.4. The lowest BCUT2D eigenvalue weighted by molar-refractivity contribution is -0.318. The van der Waals surface area contributed by atoms with Crippen LogP contribution in [0.3, 0.4) is 0 Å². The Labute approximate surface area is 319 Å². The predicted octanol–water partition coefficient (Wildman–Crippen LogP) is 0.788. The zero-order valence-electron chi connectivity index (χ0n) is 32.8. The fourth-order valence-electron chi connectivity index (χ4n) is 11.4. The maximum Gasteiger partial charge on any atom is 0.187 e. The van der Waals surface area contributed by atoms with Crippen LogP contribution in [0.4, 0.5) is 0 Å². The van der Waals surface area contributed by atoms with Crippen molar-refractivity contribution < 1.29 is 69.3 Å². The van der Waals surface area contributed by atoms with Gasteiger partial charge in [-0.05, 0) is 78.6 Å². The first-order valence-corrected chi connectivity index (χ1v) is 19.9. The molecule has 2 saturated heterocycles. The van der Waals surface area contributed by atoms with Crippen LogP contribution in [0.1, 0.15) is 73.1 Å². The van der Waals surface area contributed by atoms with Gasteiger partial charge in [0.25, 0.3) is 0 Å². The van der Waals surface area contributed by atoms with Gasteiger partial charge in [-0.1, -0.05) is 52.3 Å². The molecular formula is C40H66O14. The molecule has 54 heavy (non-hydrogen) atoms. The Bertz CT molecular complexity index is 1340. The highest BCUT2D eigenvalue weighted by atomic mass is 16.7. The highest BCUT2D eigenvalue weighted by Crippen LogP contribution is 2.67. The highest BCUT2D eigenvalue weighted by molar-refractivity contribution is 5.40. The lowest BCUT2D eigenvalue weighted by Crippen LogP contribution is -2.60. The Kier molecular flexibility index (Phi) is 13.1. The lowest BCUT2D eigenvalue weighted by Gasteiger charge is -2.60. The van der Waals surface area contributed by atoms with Gasteiger partial charge in [-0.2, -0.15) is 0 Å². The SMILES string of the molecule is COC[C@@H](O)[C@@H]1O[C@@H](O[C@@H]2C3=C4C[C@@H](O[C@@H]5O[C@H](CO)[C@@H](OC)[C@H](O)[C@H]5O)[C@H]([C@H](C)/C=C/C(C)C)[C@@]4(C)CC[C@@H]3[C@@]3(C)CC[C@@H](O)C[C@@H]3[C@@H]2O)[C@H](O)[C@H]1O. The molecule has 0 unspecified atom stereocenters. The van der Waals surface area contributed by atoms with E-state index in [2.05, 4.69) is 46.8 Å². The topological polar surface area (TPSA) is 217 Å². The minimum atomic E-state index is -1.52. The second-order valence-corrected chi connectivity index (χ2v) is 17.8. The maximum absolute atomic E-state index is 12.4. The van der Waals surface area contributed by atoms with E-state index < -0.39 is 97.8 Å². The molecular weight excluding hydrogens is 704 g/mol. The van der Waals surface area contributed by atoms with Crippen molar-refractivity contribution in [3.05, 3.63) is 23.3 Å². The number of methoxy groups -OCH3 is 2. The monoisotopic (exact) mass is 770 g/mol. The Balaban J connectivity index is 1.43. The molecule has 2 aliphatic heterocycles. The molecule has 5 fully saturated rings. The lowest BCUT2D eigenvalue weighted by atomic mass is 9.47. The van der Waals surface area contributed by atoms with E-state index >= 15 is 0 Å². The minimum Gasteiger partial charge on any atom is -0.394 e. The van der Waals surface area contributed by atoms with E-state index in [9.17, 15) is 40.9 Å². The Morgan fingerprint density at radius 3 is 2.19 bits per heavy atom. The summed E-state index contributed by atoms with van der Waals surface area (Å²) >= 11 is 0. The van der Waals surface area contributed by atoms with E-state index in [-0.39, 0.29) is 35.7 Å². The average molecular weight is 771 g/mol. The van der Waals surface area contributed by atoms with Gasteiger partial charge in [0.2, 0.25) is 0 Å². The van der Waals surface area contributed by atoms with Crippen LogP contribution < -0.4 is 0 Å². The summed E-state index contributed by atoms with van der Waals surface area (Å²) in [6.07, 6.45) is -7.86. The fourth-order valence-corrected chi connectivity index (χ4v) is 11.4. The number of rotatable bonds is 12. The van der Waals surface area contributed by atoms with Crippen molar-refractivity contribution in [3.63, 3.8) is 0 Å². The molecule has 0 aromatic rings. The van der Waals surface area contributed by atoms with Crippen LogP contribution in [0.25, 0.3) is 0 Å². The molecule has 0 amide bonds. The summed E-state index contributed by atoms with van der Waals surface area (Å²) in [5.41, 5.74) is 1.11. The molecule has 14 nitrogen and oxygen atoms in total. The summed E-state index contributed by atoms with van der Waals surface area (Å²) in [5, 5.41) is 88.3. The van der Waals surface area contributed by atoms with E-state index in [1.54, 1.807) is 0 Å². The van der Waals surface area contributed by atoms with Gasteiger partial charge in [0, 0.05) is 20.1 Å². The third kappa shape index (κ3) is 7.40. The molecule has 2 heterocycles. The number of aliphatic hydroxyl groups is 8. The molecule has 6 aliphatic rings. The third-order valence-corrected chi connectivity index (χ3v) is 14.1. The smallest absolute Gasteiger partial charge is 0.187 e. The van der Waals surface area contributed by atoms with Crippen molar-refractivity contribution in [2.45, 2.75) is 159 Å². The predicted molar refractivity (Wildman–Crippen MR) is 193 cm³/mol. The van der Waals surface area contributed by atoms with Crippen LogP contribution in [0.15, 0.2) is 23.3 Å². The van der Waals surface area contributed by atoms with Crippen LogP contribution in [-0.2, 0) is 28.4 Å². The molecule has 0 aromatic carbocycles. The number of hydrogen-bond acceptors (Lipinski definition) is 14. The van der Waals surface area contributed by atoms with Gasteiger partial charge < -0.3 is 69.3 Å². The summed E-state index contributed by atoms with van der Waals surface area (Å²) in [6, 6.07) is 0. The van der Waals surface area contributed by atoms with Crippen LogP contribution >= 0.6 is 0 Å². The van der Waals surface area contributed by atoms with Gasteiger partial charge in [0.05, 0.1) is 31.5 Å². The molecule has 4 aliphatic carbocycles. The Hall–Kier alpha value is -1.08. The summed E-state index contributed by atoms with van der Waals surface area (Å²) < 4.78 is 35.8. The molecule has 8 N–H and O–H groups in total. The second kappa shape index (κ2) is 16.6. The van der Waals surface area contributed by atoms with Gasteiger partial charge in [-0.25, -0.2) is 0 Å². The van der Waals surface area contributed by atoms with Crippen LogP contribution in [0.5, 0.6) is 0 Å². The summed E-state index contributed by atoms with van der Waals surface area (Å²) in [4.78, 5) is 0. The highest BCUT2D eigenvalue weighted by Gasteiger charge is 2.64. The van der Waals surface area contributed by atoms with E-state index in [4.69, 9.17) is 28.4 Å². The van der Waals surface area contributed by atoms with Crippen molar-refractivity contribution in [1.82, 2.24) is 0 Å². The second-order valence-electron chi connectivity index (χ2n) is 17.8. The van der Waals surface area contributed by atoms with Crippen molar-refractivity contribution in [1.29, 1.82) is 0 Å². The van der Waals surface area contributed by atoms with Crippen LogP contribution in [0.2, 0.25) is 0 Å². The van der Waals surface area contributed by atoms with Gasteiger partial charge >= 0.3 is 0 Å². The summed E-state index contributed by atoms with van der Waals surface area (Å²) in [6.45, 7) is 10.2. The van der Waals surface area contributed by atoms with Gasteiger partial charge in [-0.15, -0.1) is 0 Å². The summed E-state index contributed by atoms with van der Waals surface area (Å²) in [5.74, 6) is -0.227. The largest absolute Gasteiger partial charge is 0.394 e. The standard InChI is InChI=1S/C40H66O14/c1-18(2)8-9-19(3)28-25(51-37-33(48)31(46)35(50-7)26(16-41)52-37)15-22-27-21(11-13-40(22,28)5)39(4)12-10-20(42)14-23(39)29(44)36(27)54-38-32(47)30(45)34(53-38)24(43)17-49-6/h8-9,18-21,23-26,28-38,41-48H,10-17H2,1-7H3/b9-8+/t19-,20-,21+,23-,24-,25-,26-,28+,29+,30-,31-,32-,33-,34+,35-,36-,37-,38+,39-,40+/m1/s1. The molecule has 6 rings (SSSR count). The summed E-state index contributed by atoms with van der Waals surface area (Å²) in [7, 11) is 2.79. The van der Waals surface area contributed by atoms with E-state index in [1.165, 1.54) is 14.2 Å². The fraction of sp³-hybridized carbons (Fsp3) is 0.900. The number of ether oxygens (including phenoxy) is 6. The van der Waals surface area contributed by atoms with Crippen LogP contribution in [0, 0.1) is 40.4 Å². The minimum absolute atomic E-state index is 0.0118. The van der Waals surface area contributed by atoms with Crippen molar-refractivity contribution in [2.24, 2.45) is 40.4 Å². The van der Waals surface area contributed by atoms with Gasteiger partial charge in [-0.3, -0.25) is 0 Å². The molecule has 0 bridgehead atoms. The zero-order chi connectivity index (χ0) is 39.4. The molecule has 0 spiro atoms. The average Bonchev–Trinajstić information content (AvgIpc) is 3.59. The van der Waals surface area contributed by atoms with Gasteiger partial charge in [0.1, 0.15) is 54.9 Å². The molecule has 3 saturated carbocycles.